The molecule has 21 heavy (non-hydrogen) atoms. The number of Topliss-reactive ketones (excluding diaryl/α,β-unsaturated/α-hetero) is 1. The Balaban J connectivity index is 0.000000774. The first-order valence-electron chi connectivity index (χ1n) is 8.77. The third-order valence-corrected chi connectivity index (χ3v) is 5.65. The molecule has 0 bridgehead atoms. The van der Waals surface area contributed by atoms with Gasteiger partial charge in [-0.05, 0) is 49.0 Å². The lowest BCUT2D eigenvalue weighted by atomic mass is 9.78. The Morgan fingerprint density at radius 3 is 2.43 bits per heavy atom. The smallest absolute Gasteiger partial charge is 0.166 e. The lowest BCUT2D eigenvalue weighted by Crippen LogP contribution is -2.24. The van der Waals surface area contributed by atoms with Gasteiger partial charge >= 0.3 is 0 Å². The molecule has 0 heterocycles. The van der Waals surface area contributed by atoms with Crippen LogP contribution in [0.2, 0.25) is 0 Å². The van der Waals surface area contributed by atoms with Crippen molar-refractivity contribution < 1.29 is 4.79 Å². The van der Waals surface area contributed by atoms with Crippen LogP contribution in [0.3, 0.4) is 0 Å². The SMILES string of the molecule is CC.CCc1ccc(C(=O)C2CC[C@@]3(C)CCC[C@@H]23)cc1. The number of hydrogen-bond acceptors (Lipinski definition) is 1. The van der Waals surface area contributed by atoms with Gasteiger partial charge in [-0.1, -0.05) is 58.4 Å². The first-order valence-corrected chi connectivity index (χ1v) is 8.77. The number of carbonyl (C=O) groups excluding carboxylic acids is 1. The van der Waals surface area contributed by atoms with Gasteiger partial charge in [-0.15, -0.1) is 0 Å². The zero-order valence-corrected chi connectivity index (χ0v) is 14.1. The molecule has 1 nitrogen and oxygen atoms in total. The third kappa shape index (κ3) is 3.07. The summed E-state index contributed by atoms with van der Waals surface area (Å²) in [5.74, 6) is 1.34. The monoisotopic (exact) mass is 286 g/mol. The quantitative estimate of drug-likeness (QED) is 0.654. The number of carbonyl (C=O) groups is 1. The largest absolute Gasteiger partial charge is 0.294 e. The minimum atomic E-state index is 0.292. The predicted octanol–water partition coefficient (Wildman–Crippen LogP) is 5.67. The molecule has 2 fully saturated rings. The Labute approximate surface area is 130 Å². The summed E-state index contributed by atoms with van der Waals surface area (Å²) in [7, 11) is 0. The van der Waals surface area contributed by atoms with Crippen molar-refractivity contribution in [1.29, 1.82) is 0 Å². The van der Waals surface area contributed by atoms with Crippen molar-refractivity contribution in [3.63, 3.8) is 0 Å². The minimum absolute atomic E-state index is 0.292. The van der Waals surface area contributed by atoms with Crippen LogP contribution in [0.1, 0.15) is 75.7 Å². The zero-order valence-electron chi connectivity index (χ0n) is 14.1. The molecule has 2 aliphatic carbocycles. The van der Waals surface area contributed by atoms with Crippen molar-refractivity contribution in [3.8, 4) is 0 Å². The van der Waals surface area contributed by atoms with Crippen molar-refractivity contribution in [1.82, 2.24) is 0 Å². The van der Waals surface area contributed by atoms with Gasteiger partial charge in [-0.3, -0.25) is 4.79 Å². The van der Waals surface area contributed by atoms with Crippen LogP contribution in [-0.4, -0.2) is 5.78 Å². The highest BCUT2D eigenvalue weighted by Gasteiger charge is 2.50. The van der Waals surface area contributed by atoms with Gasteiger partial charge in [-0.25, -0.2) is 0 Å². The van der Waals surface area contributed by atoms with Gasteiger partial charge in [0.05, 0.1) is 0 Å². The van der Waals surface area contributed by atoms with E-state index in [1.54, 1.807) is 0 Å². The van der Waals surface area contributed by atoms with Crippen LogP contribution < -0.4 is 0 Å². The Kier molecular flexibility index (Phi) is 5.24. The van der Waals surface area contributed by atoms with Crippen molar-refractivity contribution in [3.05, 3.63) is 35.4 Å². The topological polar surface area (TPSA) is 17.1 Å². The Hall–Kier alpha value is -1.11. The predicted molar refractivity (Wildman–Crippen MR) is 89.7 cm³/mol. The van der Waals surface area contributed by atoms with E-state index in [1.807, 2.05) is 26.0 Å². The number of hydrogen-bond donors (Lipinski definition) is 0. The Morgan fingerprint density at radius 1 is 1.14 bits per heavy atom. The second-order valence-electron chi connectivity index (χ2n) is 6.71. The number of aryl methyl sites for hydroxylation is 1. The summed E-state index contributed by atoms with van der Waals surface area (Å²) in [5, 5.41) is 0. The van der Waals surface area contributed by atoms with Gasteiger partial charge < -0.3 is 0 Å². The van der Waals surface area contributed by atoms with Crippen LogP contribution in [-0.2, 0) is 6.42 Å². The van der Waals surface area contributed by atoms with Gasteiger partial charge in [-0.2, -0.15) is 0 Å². The summed E-state index contributed by atoms with van der Waals surface area (Å²) in [6.45, 7) is 8.55. The highest BCUT2D eigenvalue weighted by molar-refractivity contribution is 5.98. The Morgan fingerprint density at radius 2 is 1.81 bits per heavy atom. The molecular weight excluding hydrogens is 256 g/mol. The Bertz CT molecular complexity index is 473. The lowest BCUT2D eigenvalue weighted by Gasteiger charge is -2.26. The van der Waals surface area contributed by atoms with Crippen LogP contribution in [0.5, 0.6) is 0 Å². The molecule has 1 aromatic rings. The molecule has 116 valence electrons. The fourth-order valence-electron chi connectivity index (χ4n) is 4.38. The van der Waals surface area contributed by atoms with Crippen molar-refractivity contribution in [2.75, 3.05) is 0 Å². The summed E-state index contributed by atoms with van der Waals surface area (Å²) in [4.78, 5) is 12.7. The van der Waals surface area contributed by atoms with Crippen LogP contribution >= 0.6 is 0 Å². The van der Waals surface area contributed by atoms with E-state index in [1.165, 1.54) is 31.2 Å². The molecule has 1 unspecified atom stereocenters. The molecule has 2 aliphatic rings. The first-order chi connectivity index (χ1) is 10.1. The zero-order chi connectivity index (χ0) is 15.5. The van der Waals surface area contributed by atoms with Crippen LogP contribution in [0.25, 0.3) is 0 Å². The number of ketones is 1. The van der Waals surface area contributed by atoms with Gasteiger partial charge in [0.15, 0.2) is 5.78 Å². The standard InChI is InChI=1S/C18H24O.C2H6/c1-3-13-6-8-14(9-7-13)17(19)15-10-12-18(2)11-4-5-16(15)18;1-2/h6-9,15-16H,3-5,10-12H2,1-2H3;1-2H3/t15?,16-,18+;/m0./s1. The summed E-state index contributed by atoms with van der Waals surface area (Å²) in [6, 6.07) is 8.28. The normalized spacial score (nSPS) is 30.5. The molecule has 3 atom stereocenters. The van der Waals surface area contributed by atoms with E-state index in [0.29, 0.717) is 23.0 Å². The molecule has 2 saturated carbocycles. The summed E-state index contributed by atoms with van der Waals surface area (Å²) < 4.78 is 0. The molecule has 0 N–H and O–H groups in total. The van der Waals surface area contributed by atoms with E-state index in [2.05, 4.69) is 26.0 Å². The fourth-order valence-corrected chi connectivity index (χ4v) is 4.38. The molecule has 1 heteroatoms. The molecule has 3 rings (SSSR count). The highest BCUT2D eigenvalue weighted by Crippen LogP contribution is 2.57. The van der Waals surface area contributed by atoms with Gasteiger partial charge in [0.1, 0.15) is 0 Å². The van der Waals surface area contributed by atoms with E-state index in [-0.39, 0.29) is 0 Å². The minimum Gasteiger partial charge on any atom is -0.294 e. The van der Waals surface area contributed by atoms with Gasteiger partial charge in [0, 0.05) is 11.5 Å². The van der Waals surface area contributed by atoms with Gasteiger partial charge in [0.25, 0.3) is 0 Å². The third-order valence-electron chi connectivity index (χ3n) is 5.65. The summed E-state index contributed by atoms with van der Waals surface area (Å²) in [6.07, 6.45) is 7.31. The number of fused-ring (bicyclic) bond motifs is 1. The van der Waals surface area contributed by atoms with Crippen LogP contribution in [0, 0.1) is 17.3 Å². The second kappa shape index (κ2) is 6.77. The molecule has 0 radical (unpaired) electrons. The van der Waals surface area contributed by atoms with Crippen LogP contribution in [0.15, 0.2) is 24.3 Å². The summed E-state index contributed by atoms with van der Waals surface area (Å²) in [5.41, 5.74) is 2.70. The maximum Gasteiger partial charge on any atom is 0.166 e. The maximum absolute atomic E-state index is 12.7. The summed E-state index contributed by atoms with van der Waals surface area (Å²) >= 11 is 0. The average molecular weight is 286 g/mol. The lowest BCUT2D eigenvalue weighted by molar-refractivity contribution is 0.0867. The molecule has 0 amide bonds. The van der Waals surface area contributed by atoms with E-state index in [9.17, 15) is 4.79 Å². The van der Waals surface area contributed by atoms with E-state index >= 15 is 0 Å². The van der Waals surface area contributed by atoms with Crippen LogP contribution in [0.4, 0.5) is 0 Å². The molecule has 0 aliphatic heterocycles. The molecule has 1 aromatic carbocycles. The van der Waals surface area contributed by atoms with Gasteiger partial charge in [0.2, 0.25) is 0 Å². The average Bonchev–Trinajstić information content (AvgIpc) is 3.05. The maximum atomic E-state index is 12.7. The van der Waals surface area contributed by atoms with E-state index in [4.69, 9.17) is 0 Å². The van der Waals surface area contributed by atoms with Crippen molar-refractivity contribution in [2.24, 2.45) is 17.3 Å². The first kappa shape index (κ1) is 16.3. The molecule has 0 saturated heterocycles. The molecule has 0 spiro atoms. The second-order valence-corrected chi connectivity index (χ2v) is 6.71. The fraction of sp³-hybridized carbons (Fsp3) is 0.650. The number of benzene rings is 1. The van der Waals surface area contributed by atoms with Crippen molar-refractivity contribution in [2.45, 2.75) is 66.2 Å². The number of rotatable bonds is 3. The molecular formula is C20H30O. The van der Waals surface area contributed by atoms with E-state index in [0.717, 1.165) is 18.4 Å². The highest BCUT2D eigenvalue weighted by atomic mass is 16.1. The van der Waals surface area contributed by atoms with Crippen molar-refractivity contribution >= 4 is 5.78 Å². The van der Waals surface area contributed by atoms with E-state index < -0.39 is 0 Å². The molecule has 0 aromatic heterocycles.